The van der Waals surface area contributed by atoms with E-state index in [0.29, 0.717) is 11.6 Å². The van der Waals surface area contributed by atoms with Gasteiger partial charge in [-0.1, -0.05) is 18.6 Å². The molecule has 4 heteroatoms. The van der Waals surface area contributed by atoms with Crippen LogP contribution in [0.4, 0.5) is 0 Å². The number of thiocarbonyl (C=S) groups is 1. The Morgan fingerprint density at radius 1 is 1.33 bits per heavy atom. The second-order valence-electron chi connectivity index (χ2n) is 4.27. The van der Waals surface area contributed by atoms with Crippen LogP contribution in [0.5, 0.6) is 0 Å². The highest BCUT2D eigenvalue weighted by Gasteiger charge is 2.23. The van der Waals surface area contributed by atoms with Gasteiger partial charge >= 0.3 is 0 Å². The highest BCUT2D eigenvalue weighted by atomic mass is 32.1. The first kappa shape index (κ1) is 12.9. The van der Waals surface area contributed by atoms with Crippen molar-refractivity contribution in [3.63, 3.8) is 0 Å². The zero-order valence-corrected chi connectivity index (χ0v) is 10.1. The predicted molar refractivity (Wildman–Crippen MR) is 66.9 cm³/mol. The third kappa shape index (κ3) is 4.91. The van der Waals surface area contributed by atoms with Crippen LogP contribution in [0.25, 0.3) is 0 Å². The van der Waals surface area contributed by atoms with E-state index in [9.17, 15) is 0 Å². The van der Waals surface area contributed by atoms with Crippen molar-refractivity contribution >= 4 is 17.2 Å². The molecule has 3 N–H and O–H groups in total. The molecule has 0 unspecified atom stereocenters. The van der Waals surface area contributed by atoms with Gasteiger partial charge in [0.25, 0.3) is 0 Å². The van der Waals surface area contributed by atoms with Crippen LogP contribution in [0, 0.1) is 0 Å². The second-order valence-corrected chi connectivity index (χ2v) is 4.79. The Hall–Kier alpha value is -0.190. The van der Waals surface area contributed by atoms with E-state index in [1.165, 1.54) is 19.3 Å². The Balaban J connectivity index is 2.18. The molecule has 0 heterocycles. The molecule has 1 saturated carbocycles. The third-order valence-corrected chi connectivity index (χ3v) is 3.27. The predicted octanol–water partition coefficient (Wildman–Crippen LogP) is 1.29. The Labute approximate surface area is 97.6 Å². The summed E-state index contributed by atoms with van der Waals surface area (Å²) >= 11 is 4.86. The Morgan fingerprint density at radius 2 is 2.00 bits per heavy atom. The summed E-state index contributed by atoms with van der Waals surface area (Å²) in [6.45, 7) is 2.37. The number of hydrogen-bond acceptors (Lipinski definition) is 3. The van der Waals surface area contributed by atoms with Crippen LogP contribution in [0.3, 0.4) is 0 Å². The van der Waals surface area contributed by atoms with Crippen LogP contribution in [-0.2, 0) is 0 Å². The van der Waals surface area contributed by atoms with Crippen molar-refractivity contribution < 1.29 is 5.11 Å². The van der Waals surface area contributed by atoms with Gasteiger partial charge in [0, 0.05) is 19.2 Å². The zero-order chi connectivity index (χ0) is 11.1. The lowest BCUT2D eigenvalue weighted by atomic mass is 9.91. The Bertz CT molecular complexity index is 195. The number of nitrogens with zero attached hydrogens (tertiary/aromatic N) is 1. The van der Waals surface area contributed by atoms with Gasteiger partial charge in [-0.2, -0.15) is 0 Å². The van der Waals surface area contributed by atoms with Gasteiger partial charge in [-0.25, -0.2) is 0 Å². The SMILES string of the molecule is NC(=S)CCCN(CCCO)C1CCC1. The van der Waals surface area contributed by atoms with Crippen LogP contribution in [0.15, 0.2) is 0 Å². The summed E-state index contributed by atoms with van der Waals surface area (Å²) in [7, 11) is 0. The first-order valence-electron chi connectivity index (χ1n) is 5.87. The molecule has 0 radical (unpaired) electrons. The summed E-state index contributed by atoms with van der Waals surface area (Å²) in [5.41, 5.74) is 5.47. The highest BCUT2D eigenvalue weighted by Crippen LogP contribution is 2.25. The first-order valence-corrected chi connectivity index (χ1v) is 6.28. The van der Waals surface area contributed by atoms with Crippen LogP contribution < -0.4 is 5.73 Å². The largest absolute Gasteiger partial charge is 0.396 e. The minimum atomic E-state index is 0.290. The lowest BCUT2D eigenvalue weighted by Gasteiger charge is -2.37. The Morgan fingerprint density at radius 3 is 2.47 bits per heavy atom. The summed E-state index contributed by atoms with van der Waals surface area (Å²) in [5.74, 6) is 0. The fourth-order valence-corrected chi connectivity index (χ4v) is 2.10. The summed E-state index contributed by atoms with van der Waals surface area (Å²) in [5, 5.41) is 8.83. The van der Waals surface area contributed by atoms with E-state index in [2.05, 4.69) is 4.90 Å². The van der Waals surface area contributed by atoms with E-state index in [-0.39, 0.29) is 0 Å². The normalized spacial score (nSPS) is 16.7. The van der Waals surface area contributed by atoms with Crippen molar-refractivity contribution in [3.05, 3.63) is 0 Å². The van der Waals surface area contributed by atoms with E-state index in [4.69, 9.17) is 23.1 Å². The van der Waals surface area contributed by atoms with E-state index in [0.717, 1.165) is 38.4 Å². The van der Waals surface area contributed by atoms with Gasteiger partial charge in [-0.15, -0.1) is 0 Å². The molecule has 0 amide bonds. The first-order chi connectivity index (χ1) is 7.24. The van der Waals surface area contributed by atoms with Crippen LogP contribution >= 0.6 is 12.2 Å². The lowest BCUT2D eigenvalue weighted by molar-refractivity contribution is 0.116. The highest BCUT2D eigenvalue weighted by molar-refractivity contribution is 7.80. The smallest absolute Gasteiger partial charge is 0.0727 e. The van der Waals surface area contributed by atoms with Crippen molar-refractivity contribution in [1.29, 1.82) is 0 Å². The van der Waals surface area contributed by atoms with Gasteiger partial charge in [0.15, 0.2) is 0 Å². The average Bonchev–Trinajstić information content (AvgIpc) is 2.10. The maximum absolute atomic E-state index is 8.83. The molecule has 15 heavy (non-hydrogen) atoms. The molecular weight excluding hydrogens is 208 g/mol. The fraction of sp³-hybridized carbons (Fsp3) is 0.909. The van der Waals surface area contributed by atoms with Crippen LogP contribution in [0.1, 0.15) is 38.5 Å². The topological polar surface area (TPSA) is 49.5 Å². The van der Waals surface area contributed by atoms with Gasteiger partial charge in [0.1, 0.15) is 0 Å². The van der Waals surface area contributed by atoms with E-state index in [1.807, 2.05) is 0 Å². The van der Waals surface area contributed by atoms with Gasteiger partial charge in [-0.05, 0) is 38.6 Å². The lowest BCUT2D eigenvalue weighted by Crippen LogP contribution is -2.41. The summed E-state index contributed by atoms with van der Waals surface area (Å²) in [6.07, 6.45) is 6.77. The average molecular weight is 230 g/mol. The molecule has 0 spiro atoms. The van der Waals surface area contributed by atoms with E-state index < -0.39 is 0 Å². The van der Waals surface area contributed by atoms with Gasteiger partial charge < -0.3 is 15.7 Å². The van der Waals surface area contributed by atoms with Crippen molar-refractivity contribution in [3.8, 4) is 0 Å². The fourth-order valence-electron chi connectivity index (χ4n) is 1.96. The molecule has 1 rings (SSSR count). The minimum absolute atomic E-state index is 0.290. The standard InChI is InChI=1S/C11H22N2OS/c12-11(15)6-2-7-13(8-3-9-14)10-4-1-5-10/h10,14H,1-9H2,(H2,12,15). The number of rotatable bonds is 8. The monoisotopic (exact) mass is 230 g/mol. The maximum atomic E-state index is 8.83. The zero-order valence-electron chi connectivity index (χ0n) is 9.32. The molecule has 0 aromatic heterocycles. The Kier molecular flexibility index (Phi) is 6.13. The molecule has 0 saturated heterocycles. The summed E-state index contributed by atoms with van der Waals surface area (Å²) < 4.78 is 0. The van der Waals surface area contributed by atoms with Crippen molar-refractivity contribution in [2.45, 2.75) is 44.6 Å². The molecule has 0 aromatic rings. The van der Waals surface area contributed by atoms with E-state index in [1.54, 1.807) is 0 Å². The molecule has 0 aromatic carbocycles. The quantitative estimate of drug-likeness (QED) is 0.617. The molecule has 0 aliphatic heterocycles. The number of hydrogen-bond donors (Lipinski definition) is 2. The number of nitrogens with two attached hydrogens (primary N) is 1. The van der Waals surface area contributed by atoms with Crippen LogP contribution in [-0.4, -0.2) is 40.7 Å². The minimum Gasteiger partial charge on any atom is -0.396 e. The third-order valence-electron chi connectivity index (χ3n) is 3.06. The van der Waals surface area contributed by atoms with Crippen LogP contribution in [0.2, 0.25) is 0 Å². The number of aliphatic hydroxyl groups excluding tert-OH is 1. The molecule has 1 fully saturated rings. The van der Waals surface area contributed by atoms with Crippen molar-refractivity contribution in [1.82, 2.24) is 4.90 Å². The maximum Gasteiger partial charge on any atom is 0.0727 e. The van der Waals surface area contributed by atoms with Gasteiger partial charge in [-0.3, -0.25) is 0 Å². The molecule has 88 valence electrons. The summed E-state index contributed by atoms with van der Waals surface area (Å²) in [4.78, 5) is 3.10. The van der Waals surface area contributed by atoms with Gasteiger partial charge in [0.2, 0.25) is 0 Å². The molecule has 1 aliphatic rings. The van der Waals surface area contributed by atoms with E-state index >= 15 is 0 Å². The van der Waals surface area contributed by atoms with Crippen molar-refractivity contribution in [2.24, 2.45) is 5.73 Å². The molecule has 3 nitrogen and oxygen atoms in total. The molecule has 1 aliphatic carbocycles. The molecule has 0 atom stereocenters. The molecular formula is C11H22N2OS. The number of aliphatic hydroxyl groups is 1. The second kappa shape index (κ2) is 7.14. The molecule has 0 bridgehead atoms. The van der Waals surface area contributed by atoms with Crippen molar-refractivity contribution in [2.75, 3.05) is 19.7 Å². The summed E-state index contributed by atoms with van der Waals surface area (Å²) in [6, 6.07) is 0.753. The van der Waals surface area contributed by atoms with Gasteiger partial charge in [0.05, 0.1) is 4.99 Å².